The zero-order valence-corrected chi connectivity index (χ0v) is 17.8. The molecule has 5 nitrogen and oxygen atoms in total. The van der Waals surface area contributed by atoms with Crippen molar-refractivity contribution in [3.63, 3.8) is 0 Å². The van der Waals surface area contributed by atoms with E-state index in [0.29, 0.717) is 42.1 Å². The van der Waals surface area contributed by atoms with E-state index in [-0.39, 0.29) is 30.0 Å². The number of hydrogen-bond donors (Lipinski definition) is 1. The summed E-state index contributed by atoms with van der Waals surface area (Å²) in [6.07, 6.45) is 0.900. The molecule has 0 fully saturated rings. The summed E-state index contributed by atoms with van der Waals surface area (Å²) in [5, 5.41) is 9.99. The van der Waals surface area contributed by atoms with E-state index < -0.39 is 11.5 Å². The highest BCUT2D eigenvalue weighted by molar-refractivity contribution is 5.71. The van der Waals surface area contributed by atoms with E-state index in [2.05, 4.69) is 0 Å². The lowest BCUT2D eigenvalue weighted by molar-refractivity contribution is -0.169. The summed E-state index contributed by atoms with van der Waals surface area (Å²) in [4.78, 5) is 11.6. The first kappa shape index (κ1) is 21.6. The molecule has 0 saturated heterocycles. The Morgan fingerprint density at radius 3 is 2.71 bits per heavy atom. The highest BCUT2D eigenvalue weighted by Crippen LogP contribution is 2.46. The summed E-state index contributed by atoms with van der Waals surface area (Å²) >= 11 is 0. The second-order valence-electron chi connectivity index (χ2n) is 8.64. The zero-order valence-electron chi connectivity index (χ0n) is 17.8. The van der Waals surface area contributed by atoms with Gasteiger partial charge in [-0.3, -0.25) is 4.79 Å². The van der Waals surface area contributed by atoms with Crippen molar-refractivity contribution < 1.29 is 32.9 Å². The van der Waals surface area contributed by atoms with Crippen LogP contribution in [-0.2, 0) is 21.9 Å². The lowest BCUT2D eigenvalue weighted by Gasteiger charge is -2.31. The first-order valence-electron chi connectivity index (χ1n) is 10.3. The van der Waals surface area contributed by atoms with Gasteiger partial charge in [0.1, 0.15) is 23.2 Å². The summed E-state index contributed by atoms with van der Waals surface area (Å²) in [7, 11) is 1.36. The van der Waals surface area contributed by atoms with Crippen molar-refractivity contribution >= 4 is 5.97 Å². The van der Waals surface area contributed by atoms with Gasteiger partial charge in [-0.1, -0.05) is 24.3 Å². The molecule has 1 aliphatic carbocycles. The molecule has 166 valence electrons. The fraction of sp³-hybridized carbons (Fsp3) is 0.458. The van der Waals surface area contributed by atoms with E-state index in [0.717, 1.165) is 19.4 Å². The van der Waals surface area contributed by atoms with Crippen molar-refractivity contribution in [2.24, 2.45) is 0 Å². The molecular weight excluding hydrogens is 406 g/mol. The van der Waals surface area contributed by atoms with Gasteiger partial charge >= 0.3 is 11.9 Å². The number of benzene rings is 2. The van der Waals surface area contributed by atoms with Gasteiger partial charge in [-0.25, -0.2) is 0 Å². The minimum atomic E-state index is -3.37. The average Bonchev–Trinajstić information content (AvgIpc) is 3.31. The van der Waals surface area contributed by atoms with Crippen LogP contribution in [0.2, 0.25) is 0 Å². The number of halogens is 2. The normalized spacial score (nSPS) is 20.1. The SMILES string of the molecule is COC(=O)CC1COc2cc(OC3CCc4c3cccc4C(F)(F)C(C)(C)O)ccc21. The molecule has 7 heteroatoms. The van der Waals surface area contributed by atoms with Crippen molar-refractivity contribution in [3.8, 4) is 11.5 Å². The maximum absolute atomic E-state index is 14.8. The van der Waals surface area contributed by atoms with Crippen LogP contribution in [0.25, 0.3) is 0 Å². The Balaban J connectivity index is 1.55. The molecular formula is C24H26F2O5. The topological polar surface area (TPSA) is 65.0 Å². The maximum Gasteiger partial charge on any atom is 0.306 e. The molecule has 2 aromatic carbocycles. The molecule has 0 radical (unpaired) electrons. The summed E-state index contributed by atoms with van der Waals surface area (Å²) < 4.78 is 46.3. The third-order valence-corrected chi connectivity index (χ3v) is 6.11. The lowest BCUT2D eigenvalue weighted by atomic mass is 9.89. The van der Waals surface area contributed by atoms with Crippen molar-refractivity contribution in [2.75, 3.05) is 13.7 Å². The molecule has 2 unspecified atom stereocenters. The fourth-order valence-electron chi connectivity index (χ4n) is 4.31. The summed E-state index contributed by atoms with van der Waals surface area (Å²) in [5.41, 5.74) is -0.135. The largest absolute Gasteiger partial charge is 0.492 e. The number of aliphatic hydroxyl groups is 1. The quantitative estimate of drug-likeness (QED) is 0.673. The Labute approximate surface area is 179 Å². The van der Waals surface area contributed by atoms with Gasteiger partial charge in [-0.05, 0) is 43.9 Å². The minimum Gasteiger partial charge on any atom is -0.492 e. The van der Waals surface area contributed by atoms with E-state index in [1.807, 2.05) is 12.1 Å². The number of alkyl halides is 2. The Hall–Kier alpha value is -2.67. The van der Waals surface area contributed by atoms with Crippen LogP contribution in [0.5, 0.6) is 11.5 Å². The van der Waals surface area contributed by atoms with Crippen molar-refractivity contribution in [1.29, 1.82) is 0 Å². The molecule has 4 rings (SSSR count). The van der Waals surface area contributed by atoms with Gasteiger partial charge in [0.15, 0.2) is 0 Å². The number of carbonyl (C=O) groups excluding carboxylic acids is 1. The van der Waals surface area contributed by atoms with Gasteiger partial charge in [0.2, 0.25) is 0 Å². The Kier molecular flexibility index (Phi) is 5.41. The summed E-state index contributed by atoms with van der Waals surface area (Å²) in [6.45, 7) is 2.64. The van der Waals surface area contributed by atoms with Gasteiger partial charge in [0.25, 0.3) is 0 Å². The summed E-state index contributed by atoms with van der Waals surface area (Å²) in [6, 6.07) is 10.2. The molecule has 1 N–H and O–H groups in total. The average molecular weight is 432 g/mol. The van der Waals surface area contributed by atoms with Crippen molar-refractivity contribution in [3.05, 3.63) is 58.7 Å². The highest BCUT2D eigenvalue weighted by Gasteiger charge is 2.49. The summed E-state index contributed by atoms with van der Waals surface area (Å²) in [5.74, 6) is -2.48. The highest BCUT2D eigenvalue weighted by atomic mass is 19.3. The number of ether oxygens (including phenoxy) is 3. The third-order valence-electron chi connectivity index (χ3n) is 6.11. The van der Waals surface area contributed by atoms with E-state index in [4.69, 9.17) is 14.2 Å². The predicted octanol–water partition coefficient (Wildman–Crippen LogP) is 4.65. The van der Waals surface area contributed by atoms with Gasteiger partial charge in [0.05, 0.1) is 20.1 Å². The molecule has 0 amide bonds. The number of fused-ring (bicyclic) bond motifs is 2. The zero-order chi connectivity index (χ0) is 22.4. The molecule has 2 aliphatic rings. The van der Waals surface area contributed by atoms with Gasteiger partial charge in [0, 0.05) is 23.1 Å². The third kappa shape index (κ3) is 3.87. The Bertz CT molecular complexity index is 996. The molecule has 2 atom stereocenters. The van der Waals surface area contributed by atoms with Gasteiger partial charge in [-0.15, -0.1) is 0 Å². The lowest BCUT2D eigenvalue weighted by Crippen LogP contribution is -2.40. The molecule has 0 aromatic heterocycles. The van der Waals surface area contributed by atoms with Crippen LogP contribution in [0.15, 0.2) is 36.4 Å². The number of esters is 1. The molecule has 2 aromatic rings. The molecule has 0 spiro atoms. The fourth-order valence-corrected chi connectivity index (χ4v) is 4.31. The monoisotopic (exact) mass is 432 g/mol. The predicted molar refractivity (Wildman–Crippen MR) is 110 cm³/mol. The standard InChI is InChI=1S/C24H26F2O5/c1-23(2,28)24(25,26)19-6-4-5-18-17(19)9-10-20(18)31-15-7-8-16-14(11-22(27)29-3)13-30-21(16)12-15/h4-8,12,14,20,28H,9-11,13H2,1-3H3. The number of rotatable bonds is 6. The van der Waals surface area contributed by atoms with Crippen LogP contribution in [-0.4, -0.2) is 30.4 Å². The van der Waals surface area contributed by atoms with Crippen LogP contribution in [0, 0.1) is 0 Å². The Morgan fingerprint density at radius 2 is 2.00 bits per heavy atom. The second-order valence-corrected chi connectivity index (χ2v) is 8.64. The van der Waals surface area contributed by atoms with E-state index in [1.54, 1.807) is 18.2 Å². The number of methoxy groups -OCH3 is 1. The second kappa shape index (κ2) is 7.79. The van der Waals surface area contributed by atoms with Crippen LogP contribution in [0.1, 0.15) is 61.0 Å². The Morgan fingerprint density at radius 1 is 1.23 bits per heavy atom. The maximum atomic E-state index is 14.8. The van der Waals surface area contributed by atoms with Crippen LogP contribution in [0.3, 0.4) is 0 Å². The van der Waals surface area contributed by atoms with Gasteiger partial charge in [-0.2, -0.15) is 8.78 Å². The molecule has 1 aliphatic heterocycles. The van der Waals surface area contributed by atoms with Crippen molar-refractivity contribution in [2.45, 2.75) is 56.7 Å². The van der Waals surface area contributed by atoms with E-state index >= 15 is 0 Å². The smallest absolute Gasteiger partial charge is 0.306 e. The van der Waals surface area contributed by atoms with E-state index in [9.17, 15) is 18.7 Å². The number of hydrogen-bond acceptors (Lipinski definition) is 5. The molecule has 0 saturated carbocycles. The minimum absolute atomic E-state index is 0.0599. The number of carbonyl (C=O) groups is 1. The molecule has 31 heavy (non-hydrogen) atoms. The van der Waals surface area contributed by atoms with E-state index in [1.165, 1.54) is 13.2 Å². The van der Waals surface area contributed by atoms with Crippen LogP contribution >= 0.6 is 0 Å². The first-order chi connectivity index (χ1) is 14.6. The van der Waals surface area contributed by atoms with Crippen molar-refractivity contribution in [1.82, 2.24) is 0 Å². The van der Waals surface area contributed by atoms with Crippen LogP contribution in [0.4, 0.5) is 8.78 Å². The first-order valence-corrected chi connectivity index (χ1v) is 10.3. The van der Waals surface area contributed by atoms with Crippen LogP contribution < -0.4 is 9.47 Å². The van der Waals surface area contributed by atoms with Gasteiger partial charge < -0.3 is 19.3 Å². The molecule has 1 heterocycles. The molecule has 0 bridgehead atoms.